The first-order chi connectivity index (χ1) is 5.57. The largest absolute Gasteiger partial charge is 0.0881 e. The highest BCUT2D eigenvalue weighted by Gasteiger charge is 2.04. The third kappa shape index (κ3) is 1.42. The van der Waals surface area contributed by atoms with Gasteiger partial charge >= 0.3 is 0 Å². The Morgan fingerprint density at radius 1 is 1.00 bits per heavy atom. The van der Waals surface area contributed by atoms with Gasteiger partial charge in [0.1, 0.15) is 0 Å². The SMILES string of the molecule is Cc1cc(C)c(C=S)c(C)c1C. The predicted octanol–water partition coefficient (Wildman–Crippen LogP) is 3.27. The van der Waals surface area contributed by atoms with E-state index in [1.54, 1.807) is 5.37 Å². The number of hydrogen-bond donors (Lipinski definition) is 0. The Morgan fingerprint density at radius 3 is 2.08 bits per heavy atom. The van der Waals surface area contributed by atoms with Crippen molar-refractivity contribution in [2.24, 2.45) is 0 Å². The minimum Gasteiger partial charge on any atom is -0.0881 e. The van der Waals surface area contributed by atoms with Crippen LogP contribution in [0.2, 0.25) is 0 Å². The first kappa shape index (κ1) is 9.40. The van der Waals surface area contributed by atoms with Crippen molar-refractivity contribution in [1.29, 1.82) is 0 Å². The number of benzene rings is 1. The highest BCUT2D eigenvalue weighted by atomic mass is 32.1. The van der Waals surface area contributed by atoms with Crippen LogP contribution in [0.25, 0.3) is 0 Å². The van der Waals surface area contributed by atoms with Crippen LogP contribution in [-0.4, -0.2) is 5.37 Å². The molecule has 0 spiro atoms. The molecule has 0 unspecified atom stereocenters. The second-order valence-corrected chi connectivity index (χ2v) is 3.53. The van der Waals surface area contributed by atoms with Gasteiger partial charge in [0.05, 0.1) is 0 Å². The lowest BCUT2D eigenvalue weighted by atomic mass is 9.95. The minimum absolute atomic E-state index is 1.22. The topological polar surface area (TPSA) is 0 Å². The van der Waals surface area contributed by atoms with Crippen molar-refractivity contribution in [1.82, 2.24) is 0 Å². The second kappa shape index (κ2) is 3.36. The maximum Gasteiger partial charge on any atom is 0.00915 e. The standard InChI is InChI=1S/C11H14S/c1-7-5-8(2)11(6-12)10(4)9(7)3/h5-6H,1-4H3. The van der Waals surface area contributed by atoms with Crippen LogP contribution >= 0.6 is 12.2 Å². The van der Waals surface area contributed by atoms with Gasteiger partial charge in [0, 0.05) is 5.37 Å². The van der Waals surface area contributed by atoms with Gasteiger partial charge in [-0.25, -0.2) is 0 Å². The third-order valence-corrected chi connectivity index (χ3v) is 2.77. The predicted molar refractivity (Wildman–Crippen MR) is 58.1 cm³/mol. The Bertz CT molecular complexity index is 324. The van der Waals surface area contributed by atoms with Crippen LogP contribution in [0.3, 0.4) is 0 Å². The average Bonchev–Trinajstić information content (AvgIpc) is 2.01. The average molecular weight is 178 g/mol. The third-order valence-electron chi connectivity index (χ3n) is 2.53. The monoisotopic (exact) mass is 178 g/mol. The first-order valence-electron chi connectivity index (χ1n) is 4.10. The Morgan fingerprint density at radius 2 is 1.58 bits per heavy atom. The summed E-state index contributed by atoms with van der Waals surface area (Å²) in [5, 5.41) is 1.77. The maximum atomic E-state index is 4.97. The van der Waals surface area contributed by atoms with Crippen molar-refractivity contribution in [2.75, 3.05) is 0 Å². The molecule has 0 saturated carbocycles. The zero-order valence-electron chi connectivity index (χ0n) is 8.06. The van der Waals surface area contributed by atoms with Crippen LogP contribution in [0.1, 0.15) is 27.8 Å². The van der Waals surface area contributed by atoms with E-state index in [1.807, 2.05) is 0 Å². The van der Waals surface area contributed by atoms with E-state index in [4.69, 9.17) is 12.2 Å². The summed E-state index contributed by atoms with van der Waals surface area (Å²) in [5.41, 5.74) is 6.53. The number of hydrogen-bond acceptors (Lipinski definition) is 1. The van der Waals surface area contributed by atoms with Crippen LogP contribution in [0, 0.1) is 27.7 Å². The highest BCUT2D eigenvalue weighted by molar-refractivity contribution is 7.79. The van der Waals surface area contributed by atoms with Gasteiger partial charge in [-0.2, -0.15) is 0 Å². The van der Waals surface area contributed by atoms with Crippen molar-refractivity contribution in [3.63, 3.8) is 0 Å². The summed E-state index contributed by atoms with van der Waals surface area (Å²) in [6.07, 6.45) is 0. The number of aryl methyl sites for hydroxylation is 2. The molecule has 0 aliphatic rings. The summed E-state index contributed by atoms with van der Waals surface area (Å²) < 4.78 is 0. The molecule has 1 aromatic rings. The molecule has 0 radical (unpaired) electrons. The van der Waals surface area contributed by atoms with Crippen molar-refractivity contribution >= 4 is 17.6 Å². The lowest BCUT2D eigenvalue weighted by Gasteiger charge is -2.10. The normalized spacial score (nSPS) is 10.0. The Kier molecular flexibility index (Phi) is 2.63. The molecule has 0 aromatic heterocycles. The van der Waals surface area contributed by atoms with Crippen LogP contribution in [0.15, 0.2) is 6.07 Å². The molecule has 0 heterocycles. The summed E-state index contributed by atoms with van der Waals surface area (Å²) in [7, 11) is 0. The second-order valence-electron chi connectivity index (χ2n) is 3.29. The number of rotatable bonds is 1. The maximum absolute atomic E-state index is 4.97. The number of thiocarbonyl (C=S) groups is 1. The summed E-state index contributed by atoms with van der Waals surface area (Å²) >= 11 is 4.97. The summed E-state index contributed by atoms with van der Waals surface area (Å²) in [6.45, 7) is 8.53. The van der Waals surface area contributed by atoms with Crippen LogP contribution < -0.4 is 0 Å². The molecule has 12 heavy (non-hydrogen) atoms. The molecular formula is C11H14S. The Hall–Kier alpha value is -0.690. The fourth-order valence-electron chi connectivity index (χ4n) is 1.49. The van der Waals surface area contributed by atoms with Gasteiger partial charge in [-0.1, -0.05) is 18.3 Å². The molecule has 0 saturated heterocycles. The molecule has 0 aliphatic heterocycles. The van der Waals surface area contributed by atoms with Gasteiger partial charge in [0.15, 0.2) is 0 Å². The lowest BCUT2D eigenvalue weighted by Crippen LogP contribution is -1.96. The summed E-state index contributed by atoms with van der Waals surface area (Å²) in [4.78, 5) is 0. The molecule has 0 nitrogen and oxygen atoms in total. The molecule has 0 bridgehead atoms. The van der Waals surface area contributed by atoms with E-state index in [2.05, 4.69) is 33.8 Å². The van der Waals surface area contributed by atoms with Crippen molar-refractivity contribution < 1.29 is 0 Å². The van der Waals surface area contributed by atoms with Gasteiger partial charge in [0.25, 0.3) is 0 Å². The molecule has 1 rings (SSSR count). The van der Waals surface area contributed by atoms with E-state index >= 15 is 0 Å². The van der Waals surface area contributed by atoms with Gasteiger partial charge in [-0.3, -0.25) is 0 Å². The van der Waals surface area contributed by atoms with Gasteiger partial charge in [0.2, 0.25) is 0 Å². The van der Waals surface area contributed by atoms with E-state index in [-0.39, 0.29) is 0 Å². The summed E-state index contributed by atoms with van der Waals surface area (Å²) in [6, 6.07) is 2.19. The van der Waals surface area contributed by atoms with Crippen molar-refractivity contribution in [3.05, 3.63) is 33.9 Å². The van der Waals surface area contributed by atoms with E-state index in [9.17, 15) is 0 Å². The molecule has 0 fully saturated rings. The van der Waals surface area contributed by atoms with E-state index < -0.39 is 0 Å². The van der Waals surface area contributed by atoms with Crippen LogP contribution in [-0.2, 0) is 0 Å². The molecule has 0 aliphatic carbocycles. The molecule has 1 aromatic carbocycles. The van der Waals surface area contributed by atoms with Crippen LogP contribution in [0.5, 0.6) is 0 Å². The molecular weight excluding hydrogens is 164 g/mol. The van der Waals surface area contributed by atoms with Gasteiger partial charge in [-0.05, 0) is 55.5 Å². The van der Waals surface area contributed by atoms with E-state index in [1.165, 1.54) is 27.8 Å². The van der Waals surface area contributed by atoms with Crippen molar-refractivity contribution in [2.45, 2.75) is 27.7 Å². The van der Waals surface area contributed by atoms with E-state index in [0.717, 1.165) is 0 Å². The molecule has 0 atom stereocenters. The van der Waals surface area contributed by atoms with Gasteiger partial charge in [-0.15, -0.1) is 0 Å². The summed E-state index contributed by atoms with van der Waals surface area (Å²) in [5.74, 6) is 0. The fourth-order valence-corrected chi connectivity index (χ4v) is 1.85. The highest BCUT2D eigenvalue weighted by Crippen LogP contribution is 2.19. The van der Waals surface area contributed by atoms with Crippen molar-refractivity contribution in [3.8, 4) is 0 Å². The smallest absolute Gasteiger partial charge is 0.00915 e. The molecule has 64 valence electrons. The quantitative estimate of drug-likeness (QED) is 0.595. The molecule has 1 heteroatoms. The lowest BCUT2D eigenvalue weighted by molar-refractivity contribution is 1.23. The zero-order valence-corrected chi connectivity index (χ0v) is 8.88. The van der Waals surface area contributed by atoms with Gasteiger partial charge < -0.3 is 0 Å². The molecule has 0 amide bonds. The zero-order chi connectivity index (χ0) is 9.30. The Balaban J connectivity index is 3.51. The Labute approximate surface area is 79.6 Å². The minimum atomic E-state index is 1.22. The molecule has 0 N–H and O–H groups in total. The van der Waals surface area contributed by atoms with Crippen LogP contribution in [0.4, 0.5) is 0 Å². The fraction of sp³-hybridized carbons (Fsp3) is 0.364. The first-order valence-corrected chi connectivity index (χ1v) is 4.57. The van der Waals surface area contributed by atoms with E-state index in [0.29, 0.717) is 0 Å².